The number of nitrogens with two attached hydrogens (primary N) is 2. The molecule has 3 heteroatoms. The van der Waals surface area contributed by atoms with Crippen molar-refractivity contribution in [3.63, 3.8) is 0 Å². The maximum atomic E-state index is 10.8. The minimum atomic E-state index is -0.959. The number of hydrogen-bond donors (Lipinski definition) is 2. The van der Waals surface area contributed by atoms with Gasteiger partial charge in [0.2, 0.25) is 5.91 Å². The number of primary amides is 1. The fourth-order valence-electron chi connectivity index (χ4n) is 1.13. The van der Waals surface area contributed by atoms with E-state index in [0.717, 1.165) is 5.57 Å². The molecule has 1 aliphatic carbocycles. The van der Waals surface area contributed by atoms with Crippen molar-refractivity contribution in [1.29, 1.82) is 0 Å². The molecule has 3 nitrogen and oxygen atoms in total. The first-order valence-electron chi connectivity index (χ1n) is 3.48. The summed E-state index contributed by atoms with van der Waals surface area (Å²) < 4.78 is 0. The van der Waals surface area contributed by atoms with Crippen molar-refractivity contribution in [2.45, 2.75) is 18.9 Å². The van der Waals surface area contributed by atoms with Crippen LogP contribution in [0.2, 0.25) is 0 Å². The van der Waals surface area contributed by atoms with E-state index in [9.17, 15) is 4.79 Å². The van der Waals surface area contributed by atoms with E-state index in [1.165, 1.54) is 0 Å². The number of carbonyl (C=O) groups is 1. The number of hydrogen-bond acceptors (Lipinski definition) is 2. The maximum Gasteiger partial charge on any atom is 0.241 e. The van der Waals surface area contributed by atoms with Gasteiger partial charge in [-0.05, 0) is 13.3 Å². The second-order valence-electron chi connectivity index (χ2n) is 2.95. The average molecular weight is 152 g/mol. The van der Waals surface area contributed by atoms with E-state index in [0.29, 0.717) is 6.42 Å². The second kappa shape index (κ2) is 2.51. The van der Waals surface area contributed by atoms with Gasteiger partial charge in [0, 0.05) is 0 Å². The van der Waals surface area contributed by atoms with Crippen LogP contribution in [0.4, 0.5) is 0 Å². The predicted octanol–water partition coefficient (Wildman–Crippen LogP) is 0.0754. The zero-order valence-corrected chi connectivity index (χ0v) is 6.50. The van der Waals surface area contributed by atoms with Crippen molar-refractivity contribution in [2.24, 2.45) is 11.5 Å². The molecule has 4 N–H and O–H groups in total. The summed E-state index contributed by atoms with van der Waals surface area (Å²) in [4.78, 5) is 10.8. The van der Waals surface area contributed by atoms with Gasteiger partial charge in [0.25, 0.3) is 0 Å². The summed E-state index contributed by atoms with van der Waals surface area (Å²) in [5, 5.41) is 0. The van der Waals surface area contributed by atoms with E-state index < -0.39 is 11.4 Å². The van der Waals surface area contributed by atoms with E-state index in [4.69, 9.17) is 11.5 Å². The van der Waals surface area contributed by atoms with Crippen LogP contribution in [0, 0.1) is 0 Å². The van der Waals surface area contributed by atoms with Crippen LogP contribution in [0.25, 0.3) is 0 Å². The van der Waals surface area contributed by atoms with Crippen LogP contribution < -0.4 is 11.5 Å². The molecule has 0 saturated heterocycles. The van der Waals surface area contributed by atoms with Crippen LogP contribution >= 0.6 is 0 Å². The molecule has 0 bridgehead atoms. The van der Waals surface area contributed by atoms with E-state index in [1.54, 1.807) is 12.2 Å². The van der Waals surface area contributed by atoms with Gasteiger partial charge in [-0.2, -0.15) is 0 Å². The van der Waals surface area contributed by atoms with Crippen molar-refractivity contribution in [2.75, 3.05) is 0 Å². The van der Waals surface area contributed by atoms with E-state index in [-0.39, 0.29) is 0 Å². The smallest absolute Gasteiger partial charge is 0.241 e. The lowest BCUT2D eigenvalue weighted by Gasteiger charge is -2.24. The standard InChI is InChI=1S/C8H12N2O/c1-6-3-2-4-8(10,5-6)7(9)11/h2-4H,5,10H2,1H3,(H2,9,11). The molecule has 0 aliphatic heterocycles. The number of rotatable bonds is 1. The van der Waals surface area contributed by atoms with Crippen LogP contribution in [0.1, 0.15) is 13.3 Å². The molecule has 1 rings (SSSR count). The summed E-state index contributed by atoms with van der Waals surface area (Å²) in [6, 6.07) is 0. The topological polar surface area (TPSA) is 69.1 Å². The summed E-state index contributed by atoms with van der Waals surface area (Å²) in [6.07, 6.45) is 5.86. The molecule has 11 heavy (non-hydrogen) atoms. The van der Waals surface area contributed by atoms with E-state index in [2.05, 4.69) is 0 Å². The minimum absolute atomic E-state index is 0.471. The van der Waals surface area contributed by atoms with E-state index >= 15 is 0 Å². The Bertz CT molecular complexity index is 242. The Balaban J connectivity index is 2.86. The summed E-state index contributed by atoms with van der Waals surface area (Å²) in [5.74, 6) is -0.471. The van der Waals surface area contributed by atoms with Gasteiger partial charge in [-0.25, -0.2) is 0 Å². The summed E-state index contributed by atoms with van der Waals surface area (Å²) in [5.41, 5.74) is 10.9. The first-order valence-corrected chi connectivity index (χ1v) is 3.48. The molecule has 0 aromatic carbocycles. The normalized spacial score (nSPS) is 29.8. The number of carbonyl (C=O) groups excluding carboxylic acids is 1. The molecule has 1 amide bonds. The lowest BCUT2D eigenvalue weighted by atomic mass is 9.88. The van der Waals surface area contributed by atoms with Gasteiger partial charge in [-0.1, -0.05) is 23.8 Å². The molecule has 0 heterocycles. The third kappa shape index (κ3) is 1.49. The Morgan fingerprint density at radius 1 is 1.73 bits per heavy atom. The molecule has 0 saturated carbocycles. The molecule has 0 radical (unpaired) electrons. The first kappa shape index (κ1) is 8.01. The second-order valence-corrected chi connectivity index (χ2v) is 2.95. The van der Waals surface area contributed by atoms with E-state index in [1.807, 2.05) is 13.0 Å². The Morgan fingerprint density at radius 2 is 2.36 bits per heavy atom. The Labute approximate surface area is 65.8 Å². The fraction of sp³-hybridized carbons (Fsp3) is 0.375. The average Bonchev–Trinajstić information content (AvgIpc) is 1.86. The van der Waals surface area contributed by atoms with Gasteiger partial charge in [0.1, 0.15) is 5.54 Å². The van der Waals surface area contributed by atoms with Gasteiger partial charge in [-0.15, -0.1) is 0 Å². The lowest BCUT2D eigenvalue weighted by Crippen LogP contribution is -2.51. The molecule has 1 atom stereocenters. The van der Waals surface area contributed by atoms with Crippen molar-refractivity contribution in [3.05, 3.63) is 23.8 Å². The zero-order valence-electron chi connectivity index (χ0n) is 6.50. The Morgan fingerprint density at radius 3 is 2.73 bits per heavy atom. The molecule has 0 aromatic rings. The van der Waals surface area contributed by atoms with Gasteiger partial charge < -0.3 is 11.5 Å². The van der Waals surface area contributed by atoms with Crippen LogP contribution in [-0.2, 0) is 4.79 Å². The third-order valence-corrected chi connectivity index (χ3v) is 1.80. The van der Waals surface area contributed by atoms with Crippen LogP contribution in [0.15, 0.2) is 23.8 Å². The first-order chi connectivity index (χ1) is 5.04. The molecule has 1 unspecified atom stereocenters. The summed E-state index contributed by atoms with van der Waals surface area (Å²) >= 11 is 0. The zero-order chi connectivity index (χ0) is 8.48. The van der Waals surface area contributed by atoms with Gasteiger partial charge in [0.05, 0.1) is 0 Å². The SMILES string of the molecule is CC1=CC=CC(N)(C(N)=O)C1. The highest BCUT2D eigenvalue weighted by Crippen LogP contribution is 2.19. The highest BCUT2D eigenvalue weighted by Gasteiger charge is 2.29. The monoisotopic (exact) mass is 152 g/mol. The van der Waals surface area contributed by atoms with Crippen LogP contribution in [0.3, 0.4) is 0 Å². The largest absolute Gasteiger partial charge is 0.368 e. The van der Waals surface area contributed by atoms with Crippen LogP contribution in [0.5, 0.6) is 0 Å². The van der Waals surface area contributed by atoms with Crippen LogP contribution in [-0.4, -0.2) is 11.4 Å². The van der Waals surface area contributed by atoms with Crippen molar-refractivity contribution >= 4 is 5.91 Å². The molecular weight excluding hydrogens is 140 g/mol. The quantitative estimate of drug-likeness (QED) is 0.558. The molecule has 1 aliphatic rings. The fourth-order valence-corrected chi connectivity index (χ4v) is 1.13. The molecule has 60 valence electrons. The summed E-state index contributed by atoms with van der Waals surface area (Å²) in [7, 11) is 0. The van der Waals surface area contributed by atoms with Crippen molar-refractivity contribution < 1.29 is 4.79 Å². The highest BCUT2D eigenvalue weighted by molar-refractivity contribution is 5.87. The van der Waals surface area contributed by atoms with Crippen molar-refractivity contribution in [1.82, 2.24) is 0 Å². The number of allylic oxidation sites excluding steroid dienone is 2. The van der Waals surface area contributed by atoms with Gasteiger partial charge in [0.15, 0.2) is 0 Å². The maximum absolute atomic E-state index is 10.8. The predicted molar refractivity (Wildman–Crippen MR) is 43.6 cm³/mol. The minimum Gasteiger partial charge on any atom is -0.368 e. The molecule has 0 fully saturated rings. The Hall–Kier alpha value is -1.09. The molecule has 0 aromatic heterocycles. The third-order valence-electron chi connectivity index (χ3n) is 1.80. The molecular formula is C8H12N2O. The number of amides is 1. The summed E-state index contributed by atoms with van der Waals surface area (Å²) in [6.45, 7) is 1.92. The lowest BCUT2D eigenvalue weighted by molar-refractivity contribution is -0.121. The highest BCUT2D eigenvalue weighted by atomic mass is 16.1. The molecule has 0 spiro atoms. The van der Waals surface area contributed by atoms with Gasteiger partial charge in [-0.3, -0.25) is 4.79 Å². The van der Waals surface area contributed by atoms with Gasteiger partial charge >= 0.3 is 0 Å². The Kier molecular flexibility index (Phi) is 1.83. The van der Waals surface area contributed by atoms with Crippen molar-refractivity contribution in [3.8, 4) is 0 Å².